The molecule has 0 unspecified atom stereocenters. The van der Waals surface area contributed by atoms with Crippen molar-refractivity contribution in [2.45, 2.75) is 50.5 Å². The van der Waals surface area contributed by atoms with Crippen molar-refractivity contribution in [2.75, 3.05) is 24.2 Å². The number of nitrogens with one attached hydrogen (secondary N) is 1. The van der Waals surface area contributed by atoms with Gasteiger partial charge in [-0.3, -0.25) is 9.78 Å². The number of pyridine rings is 2. The van der Waals surface area contributed by atoms with Crippen molar-refractivity contribution >= 4 is 28.2 Å². The standard InChI is InChI=1S/C25H27FN4O4/c26-18-19(27)17-21-23(20(18)29-12-6-2-8-15-7-1-5-11-28-15)34-14-25(9-3-4-10-25)30(21)13-16(22(17)31)24(32)33/h1,5,7,11,13,29H,2-4,6,8-10,12,14,27H2,(H,32,33). The fourth-order valence-corrected chi connectivity index (χ4v) is 5.26. The first-order valence-corrected chi connectivity index (χ1v) is 11.6. The van der Waals surface area contributed by atoms with Gasteiger partial charge in [-0.1, -0.05) is 18.9 Å². The normalized spacial score (nSPS) is 16.0. The second-order valence-corrected chi connectivity index (χ2v) is 9.13. The fraction of sp³-hybridized carbons (Fsp3) is 0.400. The minimum atomic E-state index is -1.35. The smallest absolute Gasteiger partial charge is 0.341 e. The van der Waals surface area contributed by atoms with Crippen LogP contribution in [0, 0.1) is 5.82 Å². The highest BCUT2D eigenvalue weighted by Gasteiger charge is 2.43. The summed E-state index contributed by atoms with van der Waals surface area (Å²) in [4.78, 5) is 29.1. The summed E-state index contributed by atoms with van der Waals surface area (Å²) in [6.45, 7) is 0.766. The third-order valence-electron chi connectivity index (χ3n) is 7.02. The number of hydrogen-bond donors (Lipinski definition) is 3. The van der Waals surface area contributed by atoms with E-state index in [4.69, 9.17) is 10.5 Å². The highest BCUT2D eigenvalue weighted by atomic mass is 19.1. The maximum absolute atomic E-state index is 15.4. The monoisotopic (exact) mass is 466 g/mol. The first-order chi connectivity index (χ1) is 16.4. The van der Waals surface area contributed by atoms with Crippen LogP contribution in [0.1, 0.15) is 54.6 Å². The van der Waals surface area contributed by atoms with Gasteiger partial charge in [-0.2, -0.15) is 0 Å². The molecule has 2 aliphatic rings. The van der Waals surface area contributed by atoms with Gasteiger partial charge in [0, 0.05) is 24.6 Å². The van der Waals surface area contributed by atoms with Crippen LogP contribution in [-0.4, -0.2) is 33.8 Å². The highest BCUT2D eigenvalue weighted by molar-refractivity contribution is 6.03. The lowest BCUT2D eigenvalue weighted by atomic mass is 9.93. The van der Waals surface area contributed by atoms with E-state index in [-0.39, 0.29) is 29.1 Å². The highest BCUT2D eigenvalue weighted by Crippen LogP contribution is 2.48. The molecule has 178 valence electrons. The molecule has 0 radical (unpaired) electrons. The summed E-state index contributed by atoms with van der Waals surface area (Å²) in [6.07, 6.45) is 9.10. The molecule has 3 heterocycles. The van der Waals surface area contributed by atoms with Crippen LogP contribution in [0.4, 0.5) is 15.8 Å². The van der Waals surface area contributed by atoms with Crippen LogP contribution < -0.4 is 21.2 Å². The van der Waals surface area contributed by atoms with E-state index in [9.17, 15) is 14.7 Å². The summed E-state index contributed by atoms with van der Waals surface area (Å²) in [7, 11) is 0. The number of aryl methyl sites for hydroxylation is 1. The Hall–Kier alpha value is -3.62. The van der Waals surface area contributed by atoms with Crippen LogP contribution in [0.5, 0.6) is 5.75 Å². The Morgan fingerprint density at radius 3 is 2.79 bits per heavy atom. The van der Waals surface area contributed by atoms with E-state index in [0.717, 1.165) is 50.6 Å². The molecule has 0 saturated heterocycles. The van der Waals surface area contributed by atoms with Crippen molar-refractivity contribution in [3.05, 3.63) is 57.9 Å². The number of aromatic nitrogens is 2. The van der Waals surface area contributed by atoms with Gasteiger partial charge in [0.05, 0.1) is 22.1 Å². The quantitative estimate of drug-likeness (QED) is 0.357. The van der Waals surface area contributed by atoms with E-state index in [1.165, 1.54) is 6.20 Å². The van der Waals surface area contributed by atoms with E-state index >= 15 is 4.39 Å². The Balaban J connectivity index is 1.52. The van der Waals surface area contributed by atoms with E-state index < -0.39 is 28.3 Å². The zero-order chi connectivity index (χ0) is 23.9. The average molecular weight is 467 g/mol. The van der Waals surface area contributed by atoms with Crippen LogP contribution >= 0.6 is 0 Å². The average Bonchev–Trinajstić information content (AvgIpc) is 3.30. The Kier molecular flexibility index (Phi) is 5.63. The molecule has 8 nitrogen and oxygen atoms in total. The number of unbranched alkanes of at least 4 members (excludes halogenated alkanes) is 1. The molecule has 2 aromatic heterocycles. The van der Waals surface area contributed by atoms with Crippen LogP contribution in [0.3, 0.4) is 0 Å². The van der Waals surface area contributed by atoms with Gasteiger partial charge in [0.15, 0.2) is 11.6 Å². The largest absolute Gasteiger partial charge is 0.487 e. The van der Waals surface area contributed by atoms with Gasteiger partial charge >= 0.3 is 5.97 Å². The Morgan fingerprint density at radius 2 is 2.09 bits per heavy atom. The van der Waals surface area contributed by atoms with Gasteiger partial charge in [-0.15, -0.1) is 0 Å². The third kappa shape index (κ3) is 3.55. The number of nitrogen functional groups attached to an aromatic ring is 1. The number of aromatic carboxylic acids is 1. The van der Waals surface area contributed by atoms with Gasteiger partial charge < -0.3 is 25.5 Å². The molecule has 1 fully saturated rings. The van der Waals surface area contributed by atoms with Gasteiger partial charge in [-0.05, 0) is 44.2 Å². The van der Waals surface area contributed by atoms with Gasteiger partial charge in [-0.25, -0.2) is 9.18 Å². The zero-order valence-electron chi connectivity index (χ0n) is 18.8. The minimum absolute atomic E-state index is 0.118. The molecule has 1 aromatic carbocycles. The van der Waals surface area contributed by atoms with Crippen LogP contribution in [0.2, 0.25) is 0 Å². The molecule has 1 saturated carbocycles. The molecule has 1 aliphatic heterocycles. The van der Waals surface area contributed by atoms with Gasteiger partial charge in [0.2, 0.25) is 5.43 Å². The number of carbonyl (C=O) groups is 1. The molecule has 0 bridgehead atoms. The second-order valence-electron chi connectivity index (χ2n) is 9.13. The van der Waals surface area contributed by atoms with E-state index in [1.54, 1.807) is 6.20 Å². The molecule has 34 heavy (non-hydrogen) atoms. The molecule has 0 atom stereocenters. The summed E-state index contributed by atoms with van der Waals surface area (Å²) < 4.78 is 23.3. The Morgan fingerprint density at radius 1 is 1.29 bits per heavy atom. The minimum Gasteiger partial charge on any atom is -0.487 e. The molecular weight excluding hydrogens is 439 g/mol. The van der Waals surface area contributed by atoms with Crippen LogP contribution in [-0.2, 0) is 12.0 Å². The molecule has 4 N–H and O–H groups in total. The van der Waals surface area contributed by atoms with E-state index in [2.05, 4.69) is 10.3 Å². The van der Waals surface area contributed by atoms with Crippen molar-refractivity contribution in [1.29, 1.82) is 0 Å². The number of carboxylic acids is 1. The number of nitrogens with zero attached hydrogens (tertiary/aromatic N) is 2. The predicted octanol–water partition coefficient (Wildman–Crippen LogP) is 3.91. The molecular formula is C25H27FN4O4. The van der Waals surface area contributed by atoms with Crippen molar-refractivity contribution in [2.24, 2.45) is 0 Å². The molecule has 3 aromatic rings. The number of halogens is 1. The number of ether oxygens (including phenoxy) is 1. The summed E-state index contributed by atoms with van der Waals surface area (Å²) in [5.41, 5.74) is 5.59. The molecule has 0 amide bonds. The van der Waals surface area contributed by atoms with Crippen molar-refractivity contribution in [1.82, 2.24) is 9.55 Å². The summed E-state index contributed by atoms with van der Waals surface area (Å²) in [6, 6.07) is 5.79. The van der Waals surface area contributed by atoms with Gasteiger partial charge in [0.1, 0.15) is 17.9 Å². The predicted molar refractivity (Wildman–Crippen MR) is 127 cm³/mol. The zero-order valence-corrected chi connectivity index (χ0v) is 18.8. The number of rotatable bonds is 7. The van der Waals surface area contributed by atoms with E-state index in [1.807, 2.05) is 22.8 Å². The number of hydrogen-bond acceptors (Lipinski definition) is 6. The Labute approximate surface area is 195 Å². The van der Waals surface area contributed by atoms with Gasteiger partial charge in [0.25, 0.3) is 0 Å². The number of carboxylic acid groups (broad SMARTS) is 1. The lowest BCUT2D eigenvalue weighted by molar-refractivity contribution is 0.0692. The maximum atomic E-state index is 15.4. The van der Waals surface area contributed by atoms with Crippen molar-refractivity contribution < 1.29 is 19.0 Å². The lowest BCUT2D eigenvalue weighted by Crippen LogP contribution is -2.42. The molecule has 5 rings (SSSR count). The van der Waals surface area contributed by atoms with Crippen LogP contribution in [0.25, 0.3) is 10.9 Å². The SMILES string of the molecule is Nc1c(F)c(NCCCCc2ccccn2)c2c3c1c(=O)c(C(=O)O)cn3C1(CCCC1)CO2. The summed E-state index contributed by atoms with van der Waals surface area (Å²) in [5.74, 6) is -1.93. The number of anilines is 2. The summed E-state index contributed by atoms with van der Waals surface area (Å²) in [5, 5.41) is 12.6. The first kappa shape index (κ1) is 22.2. The molecule has 9 heteroatoms. The number of benzene rings is 1. The Bertz CT molecular complexity index is 1320. The third-order valence-corrected chi connectivity index (χ3v) is 7.02. The molecule has 1 spiro atoms. The number of nitrogens with two attached hydrogens (primary N) is 1. The second kappa shape index (κ2) is 8.62. The lowest BCUT2D eigenvalue weighted by Gasteiger charge is -2.39. The maximum Gasteiger partial charge on any atom is 0.341 e. The number of fused-ring (bicyclic) bond motifs is 1. The first-order valence-electron chi connectivity index (χ1n) is 11.6. The molecule has 1 aliphatic carbocycles. The van der Waals surface area contributed by atoms with Crippen molar-refractivity contribution in [3.8, 4) is 5.75 Å². The topological polar surface area (TPSA) is 119 Å². The summed E-state index contributed by atoms with van der Waals surface area (Å²) >= 11 is 0. The van der Waals surface area contributed by atoms with Crippen LogP contribution in [0.15, 0.2) is 35.4 Å². The fourth-order valence-electron chi connectivity index (χ4n) is 5.26. The van der Waals surface area contributed by atoms with Crippen molar-refractivity contribution in [3.63, 3.8) is 0 Å². The van der Waals surface area contributed by atoms with E-state index in [0.29, 0.717) is 12.1 Å².